The number of ketones is 3. The van der Waals surface area contributed by atoms with Crippen molar-refractivity contribution in [3.05, 3.63) is 46.6 Å². The number of hydrogen-bond donors (Lipinski definition) is 4. The van der Waals surface area contributed by atoms with Gasteiger partial charge < -0.3 is 82.0 Å². The summed E-state index contributed by atoms with van der Waals surface area (Å²) >= 11 is 13.2. The summed E-state index contributed by atoms with van der Waals surface area (Å²) in [6.07, 6.45) is 10.2. The Hall–Kier alpha value is -3.87. The maximum absolute atomic E-state index is 14.8. The molecule has 2 aliphatic carbocycles. The van der Waals surface area contributed by atoms with Crippen LogP contribution in [0.15, 0.2) is 46.6 Å². The van der Waals surface area contributed by atoms with Crippen molar-refractivity contribution >= 4 is 72.6 Å². The van der Waals surface area contributed by atoms with Gasteiger partial charge in [0.15, 0.2) is 14.4 Å². The second-order valence-corrected chi connectivity index (χ2v) is 44.1. The molecule has 6 heterocycles. The van der Waals surface area contributed by atoms with Gasteiger partial charge in [0.05, 0.1) is 59.6 Å². The monoisotopic (exact) mass is 1730 g/mol. The number of methoxy groups -OCH3 is 6. The Balaban J connectivity index is 0.000000330. The molecule has 0 radical (unpaired) electrons. The molecule has 27 heteroatoms. The molecule has 680 valence electrons. The van der Waals surface area contributed by atoms with Gasteiger partial charge in [-0.15, -0.1) is 23.2 Å². The molecule has 29 atom stereocenters. The number of Topliss-reactive ketones (excluding diaryl/α,β-unsaturated/α-hetero) is 3. The standard InChI is InChI=1S/C49H82ClNO11Si.C43H70ClNO11/c1-15-35-23-29(2)22-30(3)24-41(58-11)44-42(59-12)26-32(5)49(56,61-44)45(53)46(54)51-21-17-16-18-37(51)47(55)60-43(31(4)25-34-19-20-36(50)40(27-34)57-10)33(6)39(28-38(35)52)62-63(13,14)48(7,8)9;1-10-30-18-24(2)17-25(3)19-36(53-8)39-37(54-9)21-27(5)43(51,56-39)40(48)41(49)45-16-12-11-13-32(45)42(50)55-38(28(6)33(46)23-34(30)47)26(4)20-29-14-15-31(44)35(22-29)52-7/h23,25,30,32-37,39-44,56H,15-22,24,26-28H2,1-14H3;18,20,25,27-33,35-40,46,48,51H,10-17,19,21-23H2,1-9H3/b29-23+,31-25+;24-18+,26-20+/t30-,32+,33-,34?,35+,36-,37-,39-,40+,41-,42-,43+,44+,49+;25-,27+,28-,29?,30+,31-,32-,33-,35+,36-,37-,38+,39+,40-,43+/m00/s1. The first-order valence-corrected chi connectivity index (χ1v) is 48.3. The lowest BCUT2D eigenvalue weighted by Gasteiger charge is -2.49. The molecule has 6 aliphatic heterocycles. The van der Waals surface area contributed by atoms with Gasteiger partial charge in [0.1, 0.15) is 48.1 Å². The third-order valence-electron chi connectivity index (χ3n) is 28.1. The van der Waals surface area contributed by atoms with Crippen LogP contribution in [0.3, 0.4) is 0 Å². The second kappa shape index (κ2) is 45.5. The topological polar surface area (TPSA) is 308 Å². The van der Waals surface area contributed by atoms with E-state index in [-0.39, 0.29) is 121 Å². The Kier molecular flexibility index (Phi) is 39.1. The van der Waals surface area contributed by atoms with E-state index in [4.69, 9.17) is 75.0 Å². The van der Waals surface area contributed by atoms with E-state index in [1.165, 1.54) is 9.80 Å². The highest BCUT2D eigenvalue weighted by atomic mass is 35.5. The van der Waals surface area contributed by atoms with Crippen molar-refractivity contribution in [2.24, 2.45) is 59.2 Å². The van der Waals surface area contributed by atoms with Crippen LogP contribution in [0.5, 0.6) is 0 Å². The smallest absolute Gasteiger partial charge is 0.329 e. The van der Waals surface area contributed by atoms with Crippen LogP contribution in [0.4, 0.5) is 0 Å². The van der Waals surface area contributed by atoms with Crippen LogP contribution in [0.2, 0.25) is 18.1 Å². The molecule has 2 unspecified atom stereocenters. The Morgan fingerprint density at radius 3 is 1.39 bits per heavy atom. The third-order valence-corrected chi connectivity index (χ3v) is 33.6. The van der Waals surface area contributed by atoms with Crippen LogP contribution in [0, 0.1) is 59.2 Å². The highest BCUT2D eigenvalue weighted by Gasteiger charge is 2.59. The number of ether oxygens (including phenoxy) is 10. The summed E-state index contributed by atoms with van der Waals surface area (Å²) in [5.41, 5.74) is 3.60. The molecule has 0 aromatic carbocycles. The van der Waals surface area contributed by atoms with E-state index in [0.717, 1.165) is 48.0 Å². The summed E-state index contributed by atoms with van der Waals surface area (Å²) in [5.74, 6) is -12.2. The maximum atomic E-state index is 14.8. The van der Waals surface area contributed by atoms with E-state index in [9.17, 15) is 54.0 Å². The number of hydrogen-bond acceptors (Lipinski definition) is 22. The number of cyclic esters (lactones) is 2. The Labute approximate surface area is 722 Å². The molecule has 4 bridgehead atoms. The second-order valence-electron chi connectivity index (χ2n) is 38.2. The number of aliphatic hydroxyl groups is 4. The highest BCUT2D eigenvalue weighted by molar-refractivity contribution is 6.74. The number of piperidine rings is 2. The van der Waals surface area contributed by atoms with Gasteiger partial charge in [0.25, 0.3) is 17.6 Å². The molecule has 0 aromatic rings. The number of fused-ring (bicyclic) bond motifs is 6. The van der Waals surface area contributed by atoms with E-state index in [2.05, 4.69) is 65.9 Å². The van der Waals surface area contributed by atoms with Gasteiger partial charge in [-0.05, 0) is 209 Å². The number of nitrogens with zero attached hydrogens (tertiary/aromatic N) is 2. The molecule has 0 aromatic heterocycles. The van der Waals surface area contributed by atoms with Crippen molar-refractivity contribution in [1.82, 2.24) is 9.80 Å². The normalized spacial score (nSPS) is 40.7. The molecule has 8 rings (SSSR count). The Morgan fingerprint density at radius 2 is 0.950 bits per heavy atom. The minimum absolute atomic E-state index is 0.0555. The summed E-state index contributed by atoms with van der Waals surface area (Å²) in [6.45, 7) is 34.3. The lowest BCUT2D eigenvalue weighted by atomic mass is 9.81. The molecular weight excluding hydrogens is 1580 g/mol. The van der Waals surface area contributed by atoms with Crippen molar-refractivity contribution in [1.29, 1.82) is 0 Å². The van der Waals surface area contributed by atoms with Crippen LogP contribution < -0.4 is 0 Å². The fourth-order valence-corrected chi connectivity index (χ4v) is 21.6. The molecule has 4 saturated heterocycles. The maximum Gasteiger partial charge on any atom is 0.329 e. The summed E-state index contributed by atoms with van der Waals surface area (Å²) in [4.78, 5) is 103. The van der Waals surface area contributed by atoms with Gasteiger partial charge in [-0.3, -0.25) is 24.0 Å². The van der Waals surface area contributed by atoms with E-state index in [0.29, 0.717) is 77.0 Å². The highest BCUT2D eigenvalue weighted by Crippen LogP contribution is 2.46. The lowest BCUT2D eigenvalue weighted by molar-refractivity contribution is -0.346. The minimum atomic E-state index is -2.51. The Bertz CT molecular complexity index is 3480. The van der Waals surface area contributed by atoms with Crippen LogP contribution in [0.25, 0.3) is 0 Å². The number of rotatable bonds is 14. The molecule has 6 fully saturated rings. The van der Waals surface area contributed by atoms with Crippen molar-refractivity contribution in [2.75, 3.05) is 55.7 Å². The molecular formula is C92H152Cl2N2O22Si. The fourth-order valence-electron chi connectivity index (χ4n) is 19.6. The third kappa shape index (κ3) is 25.7. The van der Waals surface area contributed by atoms with E-state index in [1.54, 1.807) is 63.4 Å². The lowest BCUT2D eigenvalue weighted by Crippen LogP contribution is -2.66. The zero-order chi connectivity index (χ0) is 88.7. The molecule has 8 aliphatic rings. The fraction of sp³-hybridized carbons (Fsp3) is 0.837. The van der Waals surface area contributed by atoms with Crippen LogP contribution in [0.1, 0.15) is 245 Å². The zero-order valence-electron chi connectivity index (χ0n) is 76.2. The van der Waals surface area contributed by atoms with Crippen molar-refractivity contribution < 1.29 is 106 Å². The SMILES string of the molecule is CC[C@@H]1/C=C(\C)C[C@H](C)C[C@H](OC)[C@H]2O[C@@](O)(C(=O)C(=O)N3CCCC[C@H]3C(=O)O[C@H](/C(C)=C/C3CC[C@H](Cl)[C@H](OC)C3)[C@@H](C)[C@@H](O[Si](C)(C)C(C)(C)C)CC1=O)[C@H](C)C[C@@H]2OC.CC[C@@H]1/C=C(\C)C[C@H](C)C[C@H](OC)[C@H]2O[C@](O)([C@H](C)C[C@@H]2OC)[C@@H](O)C(=O)N2CCCC[C@H]2C(=O)O[C@H](/C(C)=C/C2CC[C@H](Cl)[C@H](OC)C2)[C@@H](C)[C@@H](O)CC1=O. The number of esters is 2. The summed E-state index contributed by atoms with van der Waals surface area (Å²) < 4.78 is 67.9. The quantitative estimate of drug-likeness (QED) is 0.0413. The number of halogens is 2. The van der Waals surface area contributed by atoms with Gasteiger partial charge in [-0.2, -0.15) is 0 Å². The van der Waals surface area contributed by atoms with Gasteiger partial charge in [0.2, 0.25) is 11.6 Å². The zero-order valence-corrected chi connectivity index (χ0v) is 78.7. The molecule has 0 spiro atoms. The summed E-state index contributed by atoms with van der Waals surface area (Å²) in [7, 11) is 7.05. The number of amides is 2. The molecule has 119 heavy (non-hydrogen) atoms. The number of carbonyl (C=O) groups excluding carboxylic acids is 7. The summed E-state index contributed by atoms with van der Waals surface area (Å²) in [6, 6.07) is -2.14. The minimum Gasteiger partial charge on any atom is -0.456 e. The molecule has 24 nitrogen and oxygen atoms in total. The van der Waals surface area contributed by atoms with Gasteiger partial charge in [-0.1, -0.05) is 112 Å². The van der Waals surface area contributed by atoms with Crippen LogP contribution in [-0.2, 0) is 85.4 Å². The van der Waals surface area contributed by atoms with Crippen LogP contribution in [-0.4, -0.2) is 249 Å². The largest absolute Gasteiger partial charge is 0.456 e. The first-order valence-electron chi connectivity index (χ1n) is 44.5. The van der Waals surface area contributed by atoms with E-state index in [1.807, 2.05) is 54.5 Å². The van der Waals surface area contributed by atoms with Crippen LogP contribution >= 0.6 is 23.2 Å². The molecule has 4 N–H and O–H groups in total. The average molecular weight is 1740 g/mol. The van der Waals surface area contributed by atoms with Gasteiger partial charge in [-0.25, -0.2) is 9.59 Å². The number of aliphatic hydroxyl groups excluding tert-OH is 2. The van der Waals surface area contributed by atoms with Crippen molar-refractivity contribution in [3.8, 4) is 0 Å². The Morgan fingerprint density at radius 1 is 0.538 bits per heavy atom. The number of carbonyl (C=O) groups is 7. The first kappa shape index (κ1) is 102. The van der Waals surface area contributed by atoms with Crippen molar-refractivity contribution in [2.45, 2.75) is 377 Å². The van der Waals surface area contributed by atoms with Gasteiger partial charge >= 0.3 is 11.9 Å². The number of allylic oxidation sites excluding steroid dienone is 6. The summed E-state index contributed by atoms with van der Waals surface area (Å²) in [5, 5.41) is 47.4. The number of alkyl halides is 2. The van der Waals surface area contributed by atoms with E-state index < -0.39 is 158 Å². The first-order chi connectivity index (χ1) is 55.9. The predicted octanol–water partition coefficient (Wildman–Crippen LogP) is 14.3. The predicted molar refractivity (Wildman–Crippen MR) is 460 cm³/mol. The van der Waals surface area contributed by atoms with E-state index >= 15 is 0 Å². The molecule has 2 amide bonds. The van der Waals surface area contributed by atoms with Gasteiger partial charge in [0, 0.05) is 104 Å². The molecule has 2 saturated carbocycles. The van der Waals surface area contributed by atoms with Crippen molar-refractivity contribution in [3.63, 3.8) is 0 Å². The average Bonchev–Trinajstić information content (AvgIpc) is 0.900.